The molecule has 0 spiro atoms. The van der Waals surface area contributed by atoms with Gasteiger partial charge < -0.3 is 14.6 Å². The lowest BCUT2D eigenvalue weighted by molar-refractivity contribution is -0.139. The number of nitrogens with zero attached hydrogens (tertiary/aromatic N) is 2. The molecule has 2 heterocycles. The van der Waals surface area contributed by atoms with Crippen LogP contribution in [0.25, 0.3) is 6.08 Å². The lowest BCUT2D eigenvalue weighted by atomic mass is 9.95. The number of aromatic hydroxyl groups is 1. The van der Waals surface area contributed by atoms with Crippen molar-refractivity contribution in [1.29, 1.82) is 0 Å². The molecular weight excluding hydrogens is 671 g/mol. The number of methoxy groups -OCH3 is 1. The van der Waals surface area contributed by atoms with E-state index in [1.54, 1.807) is 50.3 Å². The van der Waals surface area contributed by atoms with E-state index < -0.39 is 12.0 Å². The summed E-state index contributed by atoms with van der Waals surface area (Å²) in [4.78, 5) is 31.7. The Labute approximate surface area is 231 Å². The highest BCUT2D eigenvalue weighted by atomic mass is 127. The maximum absolute atomic E-state index is 13.7. The van der Waals surface area contributed by atoms with E-state index in [-0.39, 0.29) is 23.5 Å². The largest absolute Gasteiger partial charge is 0.506 e. The van der Waals surface area contributed by atoms with Crippen molar-refractivity contribution in [2.24, 2.45) is 4.99 Å². The molecule has 0 radical (unpaired) electrons. The minimum atomic E-state index is -0.864. The second-order valence-electron chi connectivity index (χ2n) is 7.51. The molecule has 0 unspecified atom stereocenters. The van der Waals surface area contributed by atoms with Crippen LogP contribution in [0.3, 0.4) is 0 Å². The molecule has 1 N–H and O–H groups in total. The number of rotatable bonds is 5. The minimum absolute atomic E-state index is 0.0658. The van der Waals surface area contributed by atoms with Crippen LogP contribution in [0.15, 0.2) is 55.9 Å². The molecule has 1 aromatic heterocycles. The van der Waals surface area contributed by atoms with Gasteiger partial charge in [-0.1, -0.05) is 38.9 Å². The Morgan fingerprint density at radius 2 is 2.11 bits per heavy atom. The van der Waals surface area contributed by atoms with Gasteiger partial charge in [0.05, 0.1) is 33.1 Å². The number of hydrogen-bond acceptors (Lipinski definition) is 7. The van der Waals surface area contributed by atoms with Crippen LogP contribution in [0.1, 0.15) is 31.0 Å². The van der Waals surface area contributed by atoms with Crippen molar-refractivity contribution in [3.05, 3.63) is 85.5 Å². The van der Waals surface area contributed by atoms with Gasteiger partial charge in [-0.3, -0.25) is 9.36 Å². The summed E-state index contributed by atoms with van der Waals surface area (Å²) < 4.78 is 14.1. The molecule has 2 aromatic carbocycles. The summed E-state index contributed by atoms with van der Waals surface area (Å²) in [5.74, 6) is -0.0463. The van der Waals surface area contributed by atoms with Gasteiger partial charge in [0, 0.05) is 20.6 Å². The van der Waals surface area contributed by atoms with Gasteiger partial charge >= 0.3 is 5.97 Å². The fourth-order valence-corrected chi connectivity index (χ4v) is 6.61. The normalized spacial score (nSPS) is 15.6. The van der Waals surface area contributed by atoms with Gasteiger partial charge in [0.1, 0.15) is 17.5 Å². The predicted octanol–water partition coefficient (Wildman–Crippen LogP) is 4.53. The van der Waals surface area contributed by atoms with Crippen molar-refractivity contribution in [1.82, 2.24) is 4.57 Å². The summed E-state index contributed by atoms with van der Waals surface area (Å²) in [7, 11) is 1.51. The number of halogens is 3. The molecule has 7 nitrogen and oxygen atoms in total. The maximum atomic E-state index is 13.7. The van der Waals surface area contributed by atoms with Crippen LogP contribution in [0.5, 0.6) is 11.5 Å². The number of ether oxygens (including phenoxy) is 2. The summed E-state index contributed by atoms with van der Waals surface area (Å²) in [5, 5.41) is 11.0. The van der Waals surface area contributed by atoms with Gasteiger partial charge in [-0.15, -0.1) is 0 Å². The Kier molecular flexibility index (Phi) is 7.74. The number of benzene rings is 2. The van der Waals surface area contributed by atoms with Gasteiger partial charge in [-0.05, 0) is 72.8 Å². The highest BCUT2D eigenvalue weighted by Gasteiger charge is 2.35. The standard InChI is InChI=1S/C24H19BrClIN2O5S/c1-4-34-23(32)19-11(2)28-24-29(20(19)15-10-14(26)5-6-17(15)33-3)22(31)18(35-24)8-12-7-13(25)9-16(27)21(12)30/h5-10,20,30H,4H2,1-3H3/b18-8-/t20-/m1/s1. The lowest BCUT2D eigenvalue weighted by Gasteiger charge is -2.26. The van der Waals surface area contributed by atoms with Crippen LogP contribution in [0.4, 0.5) is 0 Å². The molecule has 1 atom stereocenters. The molecule has 182 valence electrons. The number of allylic oxidation sites excluding steroid dienone is 1. The van der Waals surface area contributed by atoms with Crippen molar-refractivity contribution in [3.8, 4) is 11.5 Å². The smallest absolute Gasteiger partial charge is 0.338 e. The number of phenolic OH excluding ortho intramolecular Hbond substituents is 1. The first-order chi connectivity index (χ1) is 16.7. The van der Waals surface area contributed by atoms with E-state index in [0.717, 1.165) is 15.8 Å². The Morgan fingerprint density at radius 1 is 1.37 bits per heavy atom. The molecule has 1 aliphatic heterocycles. The molecule has 0 saturated carbocycles. The second-order valence-corrected chi connectivity index (χ2v) is 11.0. The number of esters is 1. The zero-order chi connectivity index (χ0) is 25.4. The van der Waals surface area contributed by atoms with Crippen LogP contribution in [0, 0.1) is 3.57 Å². The van der Waals surface area contributed by atoms with Gasteiger partial charge in [-0.25, -0.2) is 9.79 Å². The second kappa shape index (κ2) is 10.5. The molecule has 0 saturated heterocycles. The van der Waals surface area contributed by atoms with E-state index in [1.807, 2.05) is 22.6 Å². The molecule has 4 rings (SSSR count). The number of carbonyl (C=O) groups is 1. The Morgan fingerprint density at radius 3 is 2.80 bits per heavy atom. The third-order valence-electron chi connectivity index (χ3n) is 5.35. The molecule has 0 aliphatic carbocycles. The van der Waals surface area contributed by atoms with Crippen molar-refractivity contribution in [2.45, 2.75) is 19.9 Å². The lowest BCUT2D eigenvalue weighted by Crippen LogP contribution is -2.40. The van der Waals surface area contributed by atoms with Crippen LogP contribution >= 0.6 is 61.5 Å². The van der Waals surface area contributed by atoms with Crippen molar-refractivity contribution < 1.29 is 19.4 Å². The van der Waals surface area contributed by atoms with E-state index in [4.69, 9.17) is 21.1 Å². The van der Waals surface area contributed by atoms with Crippen LogP contribution in [0.2, 0.25) is 5.02 Å². The molecule has 1 aliphatic rings. The number of fused-ring (bicyclic) bond motifs is 1. The van der Waals surface area contributed by atoms with E-state index in [0.29, 0.717) is 40.5 Å². The van der Waals surface area contributed by atoms with E-state index in [9.17, 15) is 14.7 Å². The Hall–Kier alpha value is -2.15. The average Bonchev–Trinajstić information content (AvgIpc) is 3.10. The zero-order valence-electron chi connectivity index (χ0n) is 18.8. The quantitative estimate of drug-likeness (QED) is 0.314. The van der Waals surface area contributed by atoms with E-state index >= 15 is 0 Å². The fraction of sp³-hybridized carbons (Fsp3) is 0.208. The molecule has 3 aromatic rings. The fourth-order valence-electron chi connectivity index (χ4n) is 3.84. The molecule has 0 bridgehead atoms. The summed E-state index contributed by atoms with van der Waals surface area (Å²) in [6, 6.07) is 7.66. The highest BCUT2D eigenvalue weighted by Crippen LogP contribution is 2.37. The van der Waals surface area contributed by atoms with Crippen molar-refractivity contribution >= 4 is 73.5 Å². The summed E-state index contributed by atoms with van der Waals surface area (Å²) in [6.45, 7) is 3.58. The van der Waals surface area contributed by atoms with Crippen LogP contribution in [-0.2, 0) is 9.53 Å². The third-order valence-corrected chi connectivity index (χ3v) is 7.85. The van der Waals surface area contributed by atoms with E-state index in [2.05, 4.69) is 20.9 Å². The van der Waals surface area contributed by atoms with Gasteiger partial charge in [-0.2, -0.15) is 0 Å². The number of hydrogen-bond donors (Lipinski definition) is 1. The number of aromatic nitrogens is 1. The van der Waals surface area contributed by atoms with Crippen molar-refractivity contribution in [2.75, 3.05) is 13.7 Å². The van der Waals surface area contributed by atoms with E-state index in [1.165, 1.54) is 11.7 Å². The first-order valence-electron chi connectivity index (χ1n) is 10.4. The molecule has 11 heteroatoms. The van der Waals surface area contributed by atoms with Gasteiger partial charge in [0.15, 0.2) is 4.80 Å². The highest BCUT2D eigenvalue weighted by molar-refractivity contribution is 14.1. The molecular formula is C24H19BrClIN2O5S. The summed E-state index contributed by atoms with van der Waals surface area (Å²) in [5.41, 5.74) is 1.30. The first-order valence-corrected chi connectivity index (χ1v) is 13.4. The maximum Gasteiger partial charge on any atom is 0.338 e. The average molecular weight is 690 g/mol. The Balaban J connectivity index is 2.04. The predicted molar refractivity (Wildman–Crippen MR) is 147 cm³/mol. The zero-order valence-corrected chi connectivity index (χ0v) is 24.1. The molecule has 0 fully saturated rings. The van der Waals surface area contributed by atoms with Gasteiger partial charge in [0.2, 0.25) is 0 Å². The summed E-state index contributed by atoms with van der Waals surface area (Å²) >= 11 is 12.9. The number of phenols is 1. The number of thiazole rings is 1. The number of carbonyl (C=O) groups excluding carboxylic acids is 1. The third kappa shape index (κ3) is 4.93. The van der Waals surface area contributed by atoms with Crippen molar-refractivity contribution in [3.63, 3.8) is 0 Å². The SMILES string of the molecule is CCOC(=O)C1=C(C)N=c2s/c(=C\c3cc(Br)cc(I)c3O)c(=O)n2[C@@H]1c1cc(Cl)ccc1OC. The monoisotopic (exact) mass is 688 g/mol. The molecule has 35 heavy (non-hydrogen) atoms. The molecule has 0 amide bonds. The first kappa shape index (κ1) is 25.9. The van der Waals surface area contributed by atoms with Gasteiger partial charge in [0.25, 0.3) is 5.56 Å². The van der Waals surface area contributed by atoms with Crippen LogP contribution in [-0.4, -0.2) is 29.4 Å². The summed E-state index contributed by atoms with van der Waals surface area (Å²) in [6.07, 6.45) is 1.61. The Bertz CT molecular complexity index is 1560. The topological polar surface area (TPSA) is 90.1 Å². The minimum Gasteiger partial charge on any atom is -0.506 e. The van der Waals surface area contributed by atoms with Crippen LogP contribution < -0.4 is 19.6 Å².